The minimum Gasteiger partial charge on any atom is -0.298 e. The van der Waals surface area contributed by atoms with Gasteiger partial charge in [0, 0.05) is 32.2 Å². The van der Waals surface area contributed by atoms with Gasteiger partial charge in [-0.3, -0.25) is 9.80 Å². The Morgan fingerprint density at radius 3 is 2.16 bits per heavy atom. The van der Waals surface area contributed by atoms with E-state index in [1.165, 1.54) is 45.2 Å². The number of rotatable bonds is 4. The molecule has 142 valence electrons. The summed E-state index contributed by atoms with van der Waals surface area (Å²) in [6.45, 7) is 15.7. The van der Waals surface area contributed by atoms with Gasteiger partial charge in [0.1, 0.15) is 0 Å². The molecule has 1 aromatic rings. The molecule has 1 saturated carbocycles. The van der Waals surface area contributed by atoms with Crippen LogP contribution < -0.4 is 0 Å². The highest BCUT2D eigenvalue weighted by molar-refractivity contribution is 4.99. The van der Waals surface area contributed by atoms with Gasteiger partial charge >= 0.3 is 0 Å². The molecule has 1 aliphatic heterocycles. The van der Waals surface area contributed by atoms with Crippen molar-refractivity contribution in [1.82, 2.24) is 30.0 Å². The molecule has 6 nitrogen and oxygen atoms in total. The maximum Gasteiger partial charge on any atom is 0.169 e. The molecular formula is C19H36N6. The van der Waals surface area contributed by atoms with E-state index in [1.54, 1.807) is 0 Å². The monoisotopic (exact) mass is 348 g/mol. The van der Waals surface area contributed by atoms with E-state index in [2.05, 4.69) is 59.9 Å². The maximum atomic E-state index is 4.43. The van der Waals surface area contributed by atoms with Crippen LogP contribution in [0.5, 0.6) is 0 Å². The summed E-state index contributed by atoms with van der Waals surface area (Å²) < 4.78 is 2.02. The average Bonchev–Trinajstić information content (AvgIpc) is 3.06. The van der Waals surface area contributed by atoms with Crippen LogP contribution in [0.2, 0.25) is 0 Å². The van der Waals surface area contributed by atoms with Gasteiger partial charge in [-0.2, -0.15) is 0 Å². The molecule has 0 spiro atoms. The smallest absolute Gasteiger partial charge is 0.169 e. The van der Waals surface area contributed by atoms with E-state index >= 15 is 0 Å². The molecule has 0 N–H and O–H groups in total. The first kappa shape index (κ1) is 18.8. The summed E-state index contributed by atoms with van der Waals surface area (Å²) in [5.74, 6) is 1.52. The lowest BCUT2D eigenvalue weighted by Gasteiger charge is -2.44. The van der Waals surface area contributed by atoms with Gasteiger partial charge in [-0.15, -0.1) is 5.10 Å². The van der Waals surface area contributed by atoms with Crippen molar-refractivity contribution in [1.29, 1.82) is 0 Å². The van der Waals surface area contributed by atoms with Gasteiger partial charge in [-0.25, -0.2) is 4.68 Å². The second kappa shape index (κ2) is 7.70. The van der Waals surface area contributed by atoms with Crippen LogP contribution in [0.1, 0.15) is 78.6 Å². The molecule has 0 aromatic carbocycles. The Labute approximate surface area is 152 Å². The molecule has 1 atom stereocenters. The van der Waals surface area contributed by atoms with Crippen molar-refractivity contribution < 1.29 is 0 Å². The van der Waals surface area contributed by atoms with Crippen molar-refractivity contribution >= 4 is 0 Å². The first-order chi connectivity index (χ1) is 11.9. The van der Waals surface area contributed by atoms with E-state index in [4.69, 9.17) is 0 Å². The summed E-state index contributed by atoms with van der Waals surface area (Å²) in [5.41, 5.74) is -0.0874. The first-order valence-electron chi connectivity index (χ1n) is 10.1. The molecule has 0 amide bonds. The fraction of sp³-hybridized carbons (Fsp3) is 0.947. The predicted octanol–water partition coefficient (Wildman–Crippen LogP) is 3.08. The number of hydrogen-bond donors (Lipinski definition) is 0. The van der Waals surface area contributed by atoms with Crippen molar-refractivity contribution in [3.05, 3.63) is 5.82 Å². The number of piperazine rings is 1. The molecule has 25 heavy (non-hydrogen) atoms. The third kappa shape index (κ3) is 4.22. The minimum atomic E-state index is -0.0874. The molecule has 1 unspecified atom stereocenters. The lowest BCUT2D eigenvalue weighted by Crippen LogP contribution is -2.52. The van der Waals surface area contributed by atoms with Crippen LogP contribution in [0.15, 0.2) is 0 Å². The fourth-order valence-corrected chi connectivity index (χ4v) is 4.57. The molecule has 0 bridgehead atoms. The third-order valence-electron chi connectivity index (χ3n) is 5.86. The largest absolute Gasteiger partial charge is 0.298 e. The Bertz CT molecular complexity index is 532. The van der Waals surface area contributed by atoms with Gasteiger partial charge in [0.25, 0.3) is 0 Å². The highest BCUT2D eigenvalue weighted by Crippen LogP contribution is 2.31. The Balaban J connectivity index is 1.70. The molecule has 1 saturated heterocycles. The molecular weight excluding hydrogens is 312 g/mol. The Hall–Kier alpha value is -1.01. The molecule has 3 rings (SSSR count). The molecule has 1 aliphatic carbocycles. The normalized spacial score (nSPS) is 23.3. The van der Waals surface area contributed by atoms with Crippen LogP contribution in [0.25, 0.3) is 0 Å². The standard InChI is InChI=1S/C19H36N6/c1-15(2)17(18-20-21-22-25(18)19(3,4)5)24-13-11-23(12-14-24)16-9-7-6-8-10-16/h15-17H,6-14H2,1-5H3. The van der Waals surface area contributed by atoms with Crippen molar-refractivity contribution in [3.8, 4) is 0 Å². The average molecular weight is 349 g/mol. The summed E-state index contributed by atoms with van der Waals surface area (Å²) in [7, 11) is 0. The zero-order valence-corrected chi connectivity index (χ0v) is 16.8. The second-order valence-electron chi connectivity index (χ2n) is 9.17. The highest BCUT2D eigenvalue weighted by Gasteiger charge is 2.35. The van der Waals surface area contributed by atoms with Crippen molar-refractivity contribution in [3.63, 3.8) is 0 Å². The van der Waals surface area contributed by atoms with Crippen molar-refractivity contribution in [2.75, 3.05) is 26.2 Å². The zero-order valence-electron chi connectivity index (χ0n) is 16.8. The van der Waals surface area contributed by atoms with E-state index in [-0.39, 0.29) is 5.54 Å². The first-order valence-corrected chi connectivity index (χ1v) is 10.1. The van der Waals surface area contributed by atoms with E-state index in [0.29, 0.717) is 12.0 Å². The Morgan fingerprint density at radius 1 is 0.960 bits per heavy atom. The molecule has 1 aromatic heterocycles. The molecule has 0 radical (unpaired) electrons. The predicted molar refractivity (Wildman–Crippen MR) is 100 cm³/mol. The second-order valence-corrected chi connectivity index (χ2v) is 9.17. The molecule has 2 aliphatic rings. The summed E-state index contributed by atoms with van der Waals surface area (Å²) in [5, 5.41) is 12.7. The van der Waals surface area contributed by atoms with Crippen LogP contribution in [0.3, 0.4) is 0 Å². The SMILES string of the molecule is CC(C)C(c1nnnn1C(C)(C)C)N1CCN(C2CCCCC2)CC1. The maximum absolute atomic E-state index is 4.43. The van der Waals surface area contributed by atoms with Crippen LogP contribution >= 0.6 is 0 Å². The fourth-order valence-electron chi connectivity index (χ4n) is 4.57. The molecule has 2 heterocycles. The molecule has 6 heteroatoms. The minimum absolute atomic E-state index is 0.0874. The van der Waals surface area contributed by atoms with Crippen LogP contribution in [-0.4, -0.2) is 62.2 Å². The number of hydrogen-bond acceptors (Lipinski definition) is 5. The van der Waals surface area contributed by atoms with E-state index in [0.717, 1.165) is 25.0 Å². The zero-order chi connectivity index (χ0) is 18.0. The van der Waals surface area contributed by atoms with Gasteiger partial charge in [0.05, 0.1) is 11.6 Å². The van der Waals surface area contributed by atoms with Gasteiger partial charge in [0.2, 0.25) is 0 Å². The highest BCUT2D eigenvalue weighted by atomic mass is 15.6. The van der Waals surface area contributed by atoms with Gasteiger partial charge in [-0.1, -0.05) is 33.1 Å². The number of nitrogens with zero attached hydrogens (tertiary/aromatic N) is 6. The summed E-state index contributed by atoms with van der Waals surface area (Å²) >= 11 is 0. The summed E-state index contributed by atoms with van der Waals surface area (Å²) in [6, 6.07) is 1.12. The van der Waals surface area contributed by atoms with Gasteiger partial charge < -0.3 is 0 Å². The Morgan fingerprint density at radius 2 is 1.60 bits per heavy atom. The topological polar surface area (TPSA) is 50.1 Å². The molecule has 2 fully saturated rings. The van der Waals surface area contributed by atoms with Crippen LogP contribution in [0.4, 0.5) is 0 Å². The Kier molecular flexibility index (Phi) is 5.78. The van der Waals surface area contributed by atoms with E-state index < -0.39 is 0 Å². The van der Waals surface area contributed by atoms with Crippen LogP contribution in [0, 0.1) is 5.92 Å². The summed E-state index contributed by atoms with van der Waals surface area (Å²) in [6.07, 6.45) is 7.06. The lowest BCUT2D eigenvalue weighted by atomic mass is 9.93. The van der Waals surface area contributed by atoms with Crippen LogP contribution in [-0.2, 0) is 5.54 Å². The lowest BCUT2D eigenvalue weighted by molar-refractivity contribution is 0.0378. The van der Waals surface area contributed by atoms with E-state index in [9.17, 15) is 0 Å². The number of tetrazole rings is 1. The number of aromatic nitrogens is 4. The van der Waals surface area contributed by atoms with Crippen molar-refractivity contribution in [2.45, 2.75) is 84.3 Å². The van der Waals surface area contributed by atoms with Gasteiger partial charge in [0.15, 0.2) is 5.82 Å². The van der Waals surface area contributed by atoms with Crippen molar-refractivity contribution in [2.24, 2.45) is 5.92 Å². The van der Waals surface area contributed by atoms with E-state index in [1.807, 2.05) is 4.68 Å². The summed E-state index contributed by atoms with van der Waals surface area (Å²) in [4.78, 5) is 5.34. The van der Waals surface area contributed by atoms with Gasteiger partial charge in [-0.05, 0) is 50.0 Å². The third-order valence-corrected chi connectivity index (χ3v) is 5.86. The quantitative estimate of drug-likeness (QED) is 0.837.